The van der Waals surface area contributed by atoms with Crippen LogP contribution in [0, 0.1) is 5.92 Å². The van der Waals surface area contributed by atoms with Crippen LogP contribution in [-0.2, 0) is 14.4 Å². The van der Waals surface area contributed by atoms with Gasteiger partial charge in [-0.1, -0.05) is 0 Å². The van der Waals surface area contributed by atoms with Crippen molar-refractivity contribution in [3.05, 3.63) is 0 Å². The molecule has 0 aromatic rings. The van der Waals surface area contributed by atoms with Gasteiger partial charge in [0, 0.05) is 45.1 Å². The van der Waals surface area contributed by atoms with Crippen molar-refractivity contribution in [2.24, 2.45) is 5.92 Å². The fourth-order valence-corrected chi connectivity index (χ4v) is 3.83. The third kappa shape index (κ3) is 5.97. The standard InChI is InChI=1S/C19H34N4O3/c1-3-22(4-2)19(26)16-8-13-21(14-9-16)15-17(24)20-10-6-12-23-11-5-7-18(23)25/h16H,3-15H2,1-2H3,(H,20,24). The van der Waals surface area contributed by atoms with Gasteiger partial charge < -0.3 is 15.1 Å². The molecule has 0 atom stereocenters. The highest BCUT2D eigenvalue weighted by atomic mass is 16.2. The third-order valence-electron chi connectivity index (χ3n) is 5.48. The number of amides is 3. The lowest BCUT2D eigenvalue weighted by Crippen LogP contribution is -2.45. The van der Waals surface area contributed by atoms with E-state index in [1.54, 1.807) is 0 Å². The molecule has 26 heavy (non-hydrogen) atoms. The van der Waals surface area contributed by atoms with E-state index in [4.69, 9.17) is 0 Å². The second-order valence-electron chi connectivity index (χ2n) is 7.25. The van der Waals surface area contributed by atoms with Crippen LogP contribution < -0.4 is 5.32 Å². The highest BCUT2D eigenvalue weighted by Crippen LogP contribution is 2.19. The zero-order valence-electron chi connectivity index (χ0n) is 16.3. The molecule has 2 saturated heterocycles. The van der Waals surface area contributed by atoms with Gasteiger partial charge >= 0.3 is 0 Å². The second kappa shape index (κ2) is 10.5. The summed E-state index contributed by atoms with van der Waals surface area (Å²) in [5.74, 6) is 0.632. The summed E-state index contributed by atoms with van der Waals surface area (Å²) in [7, 11) is 0. The van der Waals surface area contributed by atoms with Gasteiger partial charge in [0.1, 0.15) is 0 Å². The Morgan fingerprint density at radius 3 is 2.42 bits per heavy atom. The molecule has 1 N–H and O–H groups in total. The van der Waals surface area contributed by atoms with Gasteiger partial charge in [-0.25, -0.2) is 0 Å². The minimum Gasteiger partial charge on any atom is -0.355 e. The lowest BCUT2D eigenvalue weighted by Gasteiger charge is -2.33. The molecule has 148 valence electrons. The fraction of sp³-hybridized carbons (Fsp3) is 0.842. The lowest BCUT2D eigenvalue weighted by atomic mass is 9.95. The number of nitrogens with one attached hydrogen (secondary N) is 1. The van der Waals surface area contributed by atoms with Crippen molar-refractivity contribution < 1.29 is 14.4 Å². The third-order valence-corrected chi connectivity index (χ3v) is 5.48. The summed E-state index contributed by atoms with van der Waals surface area (Å²) in [6, 6.07) is 0. The average Bonchev–Trinajstić information content (AvgIpc) is 3.05. The molecule has 0 unspecified atom stereocenters. The summed E-state index contributed by atoms with van der Waals surface area (Å²) in [5, 5.41) is 2.95. The highest BCUT2D eigenvalue weighted by molar-refractivity contribution is 5.79. The molecule has 2 fully saturated rings. The van der Waals surface area contributed by atoms with Gasteiger partial charge in [-0.05, 0) is 52.6 Å². The molecule has 2 aliphatic heterocycles. The first-order valence-corrected chi connectivity index (χ1v) is 10.1. The van der Waals surface area contributed by atoms with Gasteiger partial charge in [0.15, 0.2) is 0 Å². The highest BCUT2D eigenvalue weighted by Gasteiger charge is 2.28. The Kier molecular flexibility index (Phi) is 8.35. The van der Waals surface area contributed by atoms with E-state index < -0.39 is 0 Å². The van der Waals surface area contributed by atoms with Gasteiger partial charge in [-0.15, -0.1) is 0 Å². The van der Waals surface area contributed by atoms with Gasteiger partial charge in [0.2, 0.25) is 17.7 Å². The fourth-order valence-electron chi connectivity index (χ4n) is 3.83. The maximum Gasteiger partial charge on any atom is 0.234 e. The quantitative estimate of drug-likeness (QED) is 0.610. The van der Waals surface area contributed by atoms with E-state index >= 15 is 0 Å². The molecule has 0 bridgehead atoms. The lowest BCUT2D eigenvalue weighted by molar-refractivity contribution is -0.136. The molecule has 3 amide bonds. The number of likely N-dealkylation sites (tertiary alicyclic amines) is 2. The summed E-state index contributed by atoms with van der Waals surface area (Å²) in [4.78, 5) is 41.9. The van der Waals surface area contributed by atoms with Crippen LogP contribution in [0.3, 0.4) is 0 Å². The van der Waals surface area contributed by atoms with Crippen LogP contribution in [-0.4, -0.2) is 84.8 Å². The van der Waals surface area contributed by atoms with Crippen LogP contribution in [0.5, 0.6) is 0 Å². The zero-order chi connectivity index (χ0) is 18.9. The molecule has 2 aliphatic rings. The molecule has 7 nitrogen and oxygen atoms in total. The molecular weight excluding hydrogens is 332 g/mol. The molecular formula is C19H34N4O3. The summed E-state index contributed by atoms with van der Waals surface area (Å²) in [5.41, 5.74) is 0. The summed E-state index contributed by atoms with van der Waals surface area (Å²) >= 11 is 0. The van der Waals surface area contributed by atoms with Crippen LogP contribution in [0.15, 0.2) is 0 Å². The van der Waals surface area contributed by atoms with Crippen molar-refractivity contribution in [3.8, 4) is 0 Å². The van der Waals surface area contributed by atoms with Crippen molar-refractivity contribution in [1.29, 1.82) is 0 Å². The monoisotopic (exact) mass is 366 g/mol. The SMILES string of the molecule is CCN(CC)C(=O)C1CCN(CC(=O)NCCCN2CCCC2=O)CC1. The second-order valence-corrected chi connectivity index (χ2v) is 7.25. The van der Waals surface area contributed by atoms with E-state index in [2.05, 4.69) is 10.2 Å². The average molecular weight is 367 g/mol. The zero-order valence-corrected chi connectivity index (χ0v) is 16.3. The number of rotatable bonds is 9. The predicted molar refractivity (Wildman–Crippen MR) is 101 cm³/mol. The van der Waals surface area contributed by atoms with Gasteiger partial charge in [-0.3, -0.25) is 19.3 Å². The maximum atomic E-state index is 12.4. The van der Waals surface area contributed by atoms with Crippen molar-refractivity contribution in [1.82, 2.24) is 20.0 Å². The van der Waals surface area contributed by atoms with Crippen LogP contribution in [0.25, 0.3) is 0 Å². The molecule has 0 saturated carbocycles. The molecule has 2 rings (SSSR count). The van der Waals surface area contributed by atoms with E-state index in [0.29, 0.717) is 19.5 Å². The first kappa shape index (κ1) is 20.7. The predicted octanol–water partition coefficient (Wildman–Crippen LogP) is 0.696. The van der Waals surface area contributed by atoms with Crippen molar-refractivity contribution in [2.45, 2.75) is 46.0 Å². The summed E-state index contributed by atoms with van der Waals surface area (Å²) in [6.45, 7) is 9.75. The first-order chi connectivity index (χ1) is 12.5. The Morgan fingerprint density at radius 2 is 1.85 bits per heavy atom. The van der Waals surface area contributed by atoms with E-state index in [0.717, 1.165) is 65.0 Å². The Balaban J connectivity index is 1.59. The number of carbonyl (C=O) groups is 3. The smallest absolute Gasteiger partial charge is 0.234 e. The number of carbonyl (C=O) groups excluding carboxylic acids is 3. The van der Waals surface area contributed by atoms with Crippen molar-refractivity contribution in [2.75, 3.05) is 52.4 Å². The Bertz CT molecular complexity index is 485. The molecule has 7 heteroatoms. The number of nitrogens with zero attached hydrogens (tertiary/aromatic N) is 3. The molecule has 0 aliphatic carbocycles. The van der Waals surface area contributed by atoms with E-state index in [-0.39, 0.29) is 23.6 Å². The number of hydrogen-bond donors (Lipinski definition) is 1. The van der Waals surface area contributed by atoms with Crippen molar-refractivity contribution in [3.63, 3.8) is 0 Å². The van der Waals surface area contributed by atoms with Crippen LogP contribution in [0.2, 0.25) is 0 Å². The number of piperidine rings is 1. The van der Waals surface area contributed by atoms with Gasteiger partial charge in [0.25, 0.3) is 0 Å². The summed E-state index contributed by atoms with van der Waals surface area (Å²) in [6.07, 6.45) is 4.09. The molecule has 0 aromatic carbocycles. The van der Waals surface area contributed by atoms with Crippen LogP contribution >= 0.6 is 0 Å². The molecule has 0 radical (unpaired) electrons. The maximum absolute atomic E-state index is 12.4. The molecule has 0 spiro atoms. The van der Waals surface area contributed by atoms with E-state index in [1.165, 1.54) is 0 Å². The minimum atomic E-state index is 0.0336. The Hall–Kier alpha value is -1.63. The Labute approximate surface area is 157 Å². The number of hydrogen-bond acceptors (Lipinski definition) is 4. The molecule has 0 aromatic heterocycles. The molecule has 2 heterocycles. The minimum absolute atomic E-state index is 0.0336. The van der Waals surface area contributed by atoms with E-state index in [9.17, 15) is 14.4 Å². The van der Waals surface area contributed by atoms with Crippen LogP contribution in [0.4, 0.5) is 0 Å². The van der Waals surface area contributed by atoms with Crippen LogP contribution in [0.1, 0.15) is 46.0 Å². The first-order valence-electron chi connectivity index (χ1n) is 10.1. The van der Waals surface area contributed by atoms with E-state index in [1.807, 2.05) is 23.6 Å². The Morgan fingerprint density at radius 1 is 1.15 bits per heavy atom. The topological polar surface area (TPSA) is 73.0 Å². The van der Waals surface area contributed by atoms with Gasteiger partial charge in [-0.2, -0.15) is 0 Å². The van der Waals surface area contributed by atoms with Gasteiger partial charge in [0.05, 0.1) is 6.54 Å². The largest absolute Gasteiger partial charge is 0.355 e. The van der Waals surface area contributed by atoms with Crippen molar-refractivity contribution >= 4 is 17.7 Å². The summed E-state index contributed by atoms with van der Waals surface area (Å²) < 4.78 is 0. The normalized spacial score (nSPS) is 19.0.